The van der Waals surface area contributed by atoms with Crippen LogP contribution in [0.3, 0.4) is 0 Å². The molecule has 4 rings (SSSR count). The molecule has 2 N–H and O–H groups in total. The summed E-state index contributed by atoms with van der Waals surface area (Å²) in [5, 5.41) is 6.73. The van der Waals surface area contributed by atoms with E-state index in [0.717, 1.165) is 25.3 Å². The maximum atomic E-state index is 13.5. The van der Waals surface area contributed by atoms with Crippen LogP contribution in [0.25, 0.3) is 0 Å². The number of allylic oxidation sites excluding steroid dienone is 3. The lowest BCUT2D eigenvalue weighted by Crippen LogP contribution is -2.49. The van der Waals surface area contributed by atoms with Crippen molar-refractivity contribution in [3.8, 4) is 0 Å². The Hall–Kier alpha value is -2.32. The second-order valence-electron chi connectivity index (χ2n) is 10.8. The Balaban J connectivity index is 1.52. The van der Waals surface area contributed by atoms with Crippen LogP contribution >= 0.6 is 0 Å². The molecule has 0 aromatic heterocycles. The number of carbonyl (C=O) groups is 1. The summed E-state index contributed by atoms with van der Waals surface area (Å²) in [7, 11) is 0. The number of fused-ring (bicyclic) bond motifs is 3. The van der Waals surface area contributed by atoms with E-state index < -0.39 is 29.5 Å². The fourth-order valence-electron chi connectivity index (χ4n) is 5.19. The maximum Gasteiger partial charge on any atom is 0.416 e. The van der Waals surface area contributed by atoms with E-state index in [-0.39, 0.29) is 30.0 Å². The first-order chi connectivity index (χ1) is 16.4. The Morgan fingerprint density at radius 1 is 1.23 bits per heavy atom. The summed E-state index contributed by atoms with van der Waals surface area (Å²) in [5.41, 5.74) is 0.0105. The molecule has 8 heteroatoms. The van der Waals surface area contributed by atoms with Gasteiger partial charge in [-0.25, -0.2) is 0 Å². The molecule has 1 aliphatic carbocycles. The lowest BCUT2D eigenvalue weighted by atomic mass is 9.73. The third-order valence-electron chi connectivity index (χ3n) is 6.91. The van der Waals surface area contributed by atoms with Gasteiger partial charge in [0.2, 0.25) is 0 Å². The molecule has 1 fully saturated rings. The Bertz CT molecular complexity index is 983. The fourth-order valence-corrected chi connectivity index (χ4v) is 5.19. The zero-order valence-electron chi connectivity index (χ0n) is 20.7. The van der Waals surface area contributed by atoms with Gasteiger partial charge >= 0.3 is 12.1 Å². The van der Waals surface area contributed by atoms with E-state index in [4.69, 9.17) is 9.47 Å². The van der Waals surface area contributed by atoms with Crippen LogP contribution in [0.15, 0.2) is 42.5 Å². The fraction of sp³-hybridized carbons (Fsp3) is 0.593. The van der Waals surface area contributed by atoms with E-state index in [1.165, 1.54) is 12.1 Å². The summed E-state index contributed by atoms with van der Waals surface area (Å²) in [5.74, 6) is -0.0505. The lowest BCUT2D eigenvalue weighted by Gasteiger charge is -2.48. The van der Waals surface area contributed by atoms with Crippen LogP contribution in [-0.2, 0) is 20.4 Å². The van der Waals surface area contributed by atoms with Crippen LogP contribution in [0.2, 0.25) is 0 Å². The van der Waals surface area contributed by atoms with Gasteiger partial charge in [0.05, 0.1) is 17.8 Å². The summed E-state index contributed by atoms with van der Waals surface area (Å²) in [6, 6.07) is 3.44. The zero-order chi connectivity index (χ0) is 25.4. The number of halogens is 3. The highest BCUT2D eigenvalue weighted by molar-refractivity contribution is 5.75. The van der Waals surface area contributed by atoms with Crippen molar-refractivity contribution in [1.82, 2.24) is 5.32 Å². The van der Waals surface area contributed by atoms with Crippen molar-refractivity contribution in [2.75, 3.05) is 11.9 Å². The quantitative estimate of drug-likeness (QED) is 0.510. The van der Waals surface area contributed by atoms with Crippen LogP contribution in [-0.4, -0.2) is 36.3 Å². The van der Waals surface area contributed by atoms with Gasteiger partial charge in [0.25, 0.3) is 0 Å². The number of anilines is 1. The number of nitrogens with one attached hydrogen (secondary N) is 2. The molecule has 0 spiro atoms. The monoisotopic (exact) mass is 492 g/mol. The van der Waals surface area contributed by atoms with E-state index in [1.54, 1.807) is 6.92 Å². The predicted octanol–water partition coefficient (Wildman–Crippen LogP) is 5.79. The summed E-state index contributed by atoms with van der Waals surface area (Å²) < 4.78 is 52.4. The highest BCUT2D eigenvalue weighted by Gasteiger charge is 2.45. The second kappa shape index (κ2) is 9.97. The van der Waals surface area contributed by atoms with Gasteiger partial charge in [-0.15, -0.1) is 0 Å². The molecule has 2 aliphatic heterocycles. The number of ether oxygens (including phenoxy) is 2. The second-order valence-corrected chi connectivity index (χ2v) is 10.8. The third-order valence-corrected chi connectivity index (χ3v) is 6.91. The topological polar surface area (TPSA) is 59.6 Å². The van der Waals surface area contributed by atoms with Crippen LogP contribution in [0, 0.1) is 11.8 Å². The zero-order valence-corrected chi connectivity index (χ0v) is 20.7. The molecule has 3 aliphatic rings. The molecule has 6 atom stereocenters. The summed E-state index contributed by atoms with van der Waals surface area (Å²) >= 11 is 0. The molecule has 2 heterocycles. The molecule has 0 saturated carbocycles. The number of rotatable bonds is 5. The lowest BCUT2D eigenvalue weighted by molar-refractivity contribution is -0.157. The molecule has 0 radical (unpaired) electrons. The van der Waals surface area contributed by atoms with Crippen molar-refractivity contribution in [3.63, 3.8) is 0 Å². The van der Waals surface area contributed by atoms with Crippen molar-refractivity contribution >= 4 is 11.7 Å². The molecular formula is C27H35F3N2O3. The van der Waals surface area contributed by atoms with Crippen molar-refractivity contribution in [3.05, 3.63) is 53.6 Å². The van der Waals surface area contributed by atoms with Crippen LogP contribution in [0.5, 0.6) is 0 Å². The number of carbonyl (C=O) groups excluding carboxylic acids is 1. The SMILES string of the molecule is CC(NC[C@H]1CC[C@@H]2[C@H](O1)c1cc(C(F)(F)F)ccc1N[C@H]2C1C=CC=CC1)C(=O)OC(C)(C)C. The highest BCUT2D eigenvalue weighted by Crippen LogP contribution is 2.49. The Kier molecular flexibility index (Phi) is 7.34. The predicted molar refractivity (Wildman–Crippen MR) is 129 cm³/mol. The number of hydrogen-bond donors (Lipinski definition) is 2. The van der Waals surface area contributed by atoms with Crippen molar-refractivity contribution in [1.29, 1.82) is 0 Å². The summed E-state index contributed by atoms with van der Waals surface area (Å²) in [6.07, 6.45) is 5.71. The van der Waals surface area contributed by atoms with Gasteiger partial charge in [-0.1, -0.05) is 24.3 Å². The van der Waals surface area contributed by atoms with E-state index in [0.29, 0.717) is 17.8 Å². The molecule has 192 valence electrons. The van der Waals surface area contributed by atoms with E-state index in [2.05, 4.69) is 22.8 Å². The Labute approximate surface area is 205 Å². The molecule has 5 nitrogen and oxygen atoms in total. The van der Waals surface area contributed by atoms with Crippen molar-refractivity contribution < 1.29 is 27.4 Å². The molecule has 35 heavy (non-hydrogen) atoms. The van der Waals surface area contributed by atoms with E-state index >= 15 is 0 Å². The number of alkyl halides is 3. The van der Waals surface area contributed by atoms with Gasteiger partial charge in [-0.2, -0.15) is 13.2 Å². The van der Waals surface area contributed by atoms with Gasteiger partial charge in [0, 0.05) is 35.7 Å². The normalized spacial score (nSPS) is 29.1. The maximum absolute atomic E-state index is 13.5. The molecule has 0 bridgehead atoms. The summed E-state index contributed by atoms with van der Waals surface area (Å²) in [4.78, 5) is 12.3. The number of esters is 1. The minimum atomic E-state index is -4.42. The highest BCUT2D eigenvalue weighted by atomic mass is 19.4. The molecule has 1 saturated heterocycles. The van der Waals surface area contributed by atoms with Gasteiger partial charge in [-0.3, -0.25) is 4.79 Å². The largest absolute Gasteiger partial charge is 0.459 e. The average Bonchev–Trinajstić information content (AvgIpc) is 2.80. The Morgan fingerprint density at radius 3 is 2.66 bits per heavy atom. The van der Waals surface area contributed by atoms with Crippen LogP contribution in [0.4, 0.5) is 18.9 Å². The molecule has 1 aromatic carbocycles. The van der Waals surface area contributed by atoms with Gasteiger partial charge in [0.15, 0.2) is 0 Å². The Morgan fingerprint density at radius 2 is 2.00 bits per heavy atom. The number of benzene rings is 1. The van der Waals surface area contributed by atoms with Gasteiger partial charge in [-0.05, 0) is 65.2 Å². The standard InChI is InChI=1S/C27H35F3N2O3/c1-16(25(33)35-26(2,3)4)31-15-19-11-12-20-23(17-8-6-5-7-9-17)32-22-13-10-18(27(28,29)30)14-21(22)24(20)34-19/h5-8,10,13-14,16-17,19-20,23-24,31-32H,9,11-12,15H2,1-4H3/t16?,17?,19-,20+,23+,24+/m1/s1. The van der Waals surface area contributed by atoms with E-state index in [1.807, 2.05) is 32.9 Å². The first kappa shape index (κ1) is 25.8. The van der Waals surface area contributed by atoms with Crippen molar-refractivity contribution in [2.45, 2.75) is 83.0 Å². The van der Waals surface area contributed by atoms with Crippen LogP contribution < -0.4 is 10.6 Å². The molecular weight excluding hydrogens is 457 g/mol. The van der Waals surface area contributed by atoms with E-state index in [9.17, 15) is 18.0 Å². The first-order valence-electron chi connectivity index (χ1n) is 12.3. The minimum absolute atomic E-state index is 0.0478. The van der Waals surface area contributed by atoms with Gasteiger partial charge in [0.1, 0.15) is 11.6 Å². The minimum Gasteiger partial charge on any atom is -0.459 e. The van der Waals surface area contributed by atoms with Crippen molar-refractivity contribution in [2.24, 2.45) is 11.8 Å². The molecule has 1 aromatic rings. The molecule has 0 amide bonds. The number of hydrogen-bond acceptors (Lipinski definition) is 5. The third kappa shape index (κ3) is 6.09. The smallest absolute Gasteiger partial charge is 0.416 e. The first-order valence-corrected chi connectivity index (χ1v) is 12.3. The summed E-state index contributed by atoms with van der Waals surface area (Å²) in [6.45, 7) is 7.62. The van der Waals surface area contributed by atoms with Gasteiger partial charge < -0.3 is 20.1 Å². The average molecular weight is 493 g/mol. The van der Waals surface area contributed by atoms with Crippen LogP contribution in [0.1, 0.15) is 64.2 Å². The molecule has 2 unspecified atom stereocenters.